The summed E-state index contributed by atoms with van der Waals surface area (Å²) >= 11 is 6.51. The van der Waals surface area contributed by atoms with Gasteiger partial charge in [-0.25, -0.2) is 4.39 Å². The summed E-state index contributed by atoms with van der Waals surface area (Å²) in [6.07, 6.45) is 1.01. The normalized spacial score (nSPS) is 12.8. The van der Waals surface area contributed by atoms with Crippen LogP contribution in [0.15, 0.2) is 72.9 Å². The number of aromatic nitrogens is 3. The molecule has 2 aromatic carbocycles. The zero-order valence-electron chi connectivity index (χ0n) is 18.9. The minimum atomic E-state index is -0.953. The molecule has 2 heterocycles. The molecule has 35 heavy (non-hydrogen) atoms. The summed E-state index contributed by atoms with van der Waals surface area (Å²) < 4.78 is 18.4. The van der Waals surface area contributed by atoms with Crippen molar-refractivity contribution < 1.29 is 19.0 Å². The highest BCUT2D eigenvalue weighted by Gasteiger charge is 2.25. The van der Waals surface area contributed by atoms with Gasteiger partial charge in [0.1, 0.15) is 5.82 Å². The number of H-pyrrole nitrogens is 1. The van der Waals surface area contributed by atoms with E-state index in [4.69, 9.17) is 16.3 Å². The third-order valence-corrected chi connectivity index (χ3v) is 5.83. The lowest BCUT2D eigenvalue weighted by Crippen LogP contribution is -2.47. The molecule has 0 unspecified atom stereocenters. The van der Waals surface area contributed by atoms with Crippen molar-refractivity contribution >= 4 is 17.5 Å². The van der Waals surface area contributed by atoms with Gasteiger partial charge in [0.2, 0.25) is 0 Å². The highest BCUT2D eigenvalue weighted by atomic mass is 35.5. The molecule has 2 atom stereocenters. The van der Waals surface area contributed by atoms with Gasteiger partial charge in [-0.05, 0) is 54.6 Å². The molecule has 9 heteroatoms. The molecule has 7 nitrogen and oxygen atoms in total. The van der Waals surface area contributed by atoms with Crippen LogP contribution in [0, 0.1) is 5.82 Å². The third kappa shape index (κ3) is 5.92. The molecule has 0 aliphatic carbocycles. The SMILES string of the molecule is COC[C@@H](O)[C@@H](Cc1ccccn1)NC(=O)c1cccc(Cl)c1-c1cc(-c2ccc(F)cc2)n[nH]1. The van der Waals surface area contributed by atoms with Gasteiger partial charge < -0.3 is 15.2 Å². The first-order valence-corrected chi connectivity index (χ1v) is 11.3. The fourth-order valence-corrected chi connectivity index (χ4v) is 4.04. The van der Waals surface area contributed by atoms with Crippen molar-refractivity contribution in [3.63, 3.8) is 0 Å². The van der Waals surface area contributed by atoms with E-state index in [1.165, 1.54) is 19.2 Å². The summed E-state index contributed by atoms with van der Waals surface area (Å²) in [5.74, 6) is -0.762. The number of hydrogen-bond acceptors (Lipinski definition) is 5. The van der Waals surface area contributed by atoms with Gasteiger partial charge in [0.25, 0.3) is 5.91 Å². The molecule has 180 valence electrons. The van der Waals surface area contributed by atoms with E-state index in [9.17, 15) is 14.3 Å². The Labute approximate surface area is 206 Å². The topological polar surface area (TPSA) is 100 Å². The minimum absolute atomic E-state index is 0.0434. The van der Waals surface area contributed by atoms with E-state index in [1.54, 1.807) is 48.7 Å². The Hall–Kier alpha value is -3.59. The number of carbonyl (C=O) groups is 1. The van der Waals surface area contributed by atoms with Crippen LogP contribution in [0.25, 0.3) is 22.5 Å². The van der Waals surface area contributed by atoms with Crippen LogP contribution in [-0.2, 0) is 11.2 Å². The van der Waals surface area contributed by atoms with Gasteiger partial charge in [0.15, 0.2) is 0 Å². The number of benzene rings is 2. The number of methoxy groups -OCH3 is 1. The number of amides is 1. The van der Waals surface area contributed by atoms with Crippen LogP contribution >= 0.6 is 11.6 Å². The predicted molar refractivity (Wildman–Crippen MR) is 132 cm³/mol. The molecule has 0 saturated heterocycles. The molecule has 0 aliphatic rings. The summed E-state index contributed by atoms with van der Waals surface area (Å²) in [6, 6.07) is 17.5. The Balaban J connectivity index is 1.63. The first kappa shape index (κ1) is 24.5. The Morgan fingerprint density at radius 3 is 2.69 bits per heavy atom. The largest absolute Gasteiger partial charge is 0.389 e. The van der Waals surface area contributed by atoms with Crippen molar-refractivity contribution in [1.29, 1.82) is 0 Å². The van der Waals surface area contributed by atoms with Gasteiger partial charge >= 0.3 is 0 Å². The Morgan fingerprint density at radius 1 is 1.17 bits per heavy atom. The highest BCUT2D eigenvalue weighted by molar-refractivity contribution is 6.34. The van der Waals surface area contributed by atoms with Crippen molar-refractivity contribution in [2.24, 2.45) is 0 Å². The number of nitrogens with one attached hydrogen (secondary N) is 2. The lowest BCUT2D eigenvalue weighted by molar-refractivity contribution is 0.0369. The predicted octanol–water partition coefficient (Wildman–Crippen LogP) is 4.28. The van der Waals surface area contributed by atoms with E-state index in [0.717, 1.165) is 5.69 Å². The second-order valence-electron chi connectivity index (χ2n) is 7.96. The zero-order valence-corrected chi connectivity index (χ0v) is 19.7. The number of nitrogens with zero attached hydrogens (tertiary/aromatic N) is 2. The van der Waals surface area contributed by atoms with Crippen LogP contribution in [0.1, 0.15) is 16.1 Å². The maximum Gasteiger partial charge on any atom is 0.252 e. The molecule has 0 fully saturated rings. The summed E-state index contributed by atoms with van der Waals surface area (Å²) in [4.78, 5) is 17.7. The van der Waals surface area contributed by atoms with E-state index in [-0.39, 0.29) is 12.4 Å². The smallest absolute Gasteiger partial charge is 0.252 e. The fourth-order valence-electron chi connectivity index (χ4n) is 3.77. The van der Waals surface area contributed by atoms with Gasteiger partial charge in [0, 0.05) is 36.5 Å². The quantitative estimate of drug-likeness (QED) is 0.322. The van der Waals surface area contributed by atoms with E-state index in [2.05, 4.69) is 20.5 Å². The van der Waals surface area contributed by atoms with E-state index in [0.29, 0.717) is 39.5 Å². The van der Waals surface area contributed by atoms with Gasteiger partial charge in [-0.1, -0.05) is 23.7 Å². The van der Waals surface area contributed by atoms with Crippen molar-refractivity contribution in [2.45, 2.75) is 18.6 Å². The Morgan fingerprint density at radius 2 is 1.97 bits per heavy atom. The van der Waals surface area contributed by atoms with Crippen LogP contribution in [-0.4, -0.2) is 52.1 Å². The molecule has 0 spiro atoms. The van der Waals surface area contributed by atoms with Crippen LogP contribution < -0.4 is 5.32 Å². The number of aliphatic hydroxyl groups is 1. The first-order valence-electron chi connectivity index (χ1n) is 10.9. The lowest BCUT2D eigenvalue weighted by Gasteiger charge is -2.24. The third-order valence-electron chi connectivity index (χ3n) is 5.52. The average Bonchev–Trinajstić information content (AvgIpc) is 3.34. The van der Waals surface area contributed by atoms with Crippen LogP contribution in [0.3, 0.4) is 0 Å². The minimum Gasteiger partial charge on any atom is -0.389 e. The summed E-state index contributed by atoms with van der Waals surface area (Å²) in [6.45, 7) is 0.0434. The van der Waals surface area contributed by atoms with E-state index in [1.807, 2.05) is 12.1 Å². The average molecular weight is 495 g/mol. The summed E-state index contributed by atoms with van der Waals surface area (Å²) in [7, 11) is 1.48. The zero-order chi connectivity index (χ0) is 24.8. The highest BCUT2D eigenvalue weighted by Crippen LogP contribution is 2.32. The fraction of sp³-hybridized carbons (Fsp3) is 0.192. The molecule has 0 radical (unpaired) electrons. The molecule has 2 aromatic heterocycles. The lowest BCUT2D eigenvalue weighted by atomic mass is 10.0. The number of halogens is 2. The number of aliphatic hydroxyl groups excluding tert-OH is 1. The van der Waals surface area contributed by atoms with E-state index < -0.39 is 18.1 Å². The molecule has 4 rings (SSSR count). The second kappa shape index (κ2) is 11.2. The molecule has 0 aliphatic heterocycles. The van der Waals surface area contributed by atoms with E-state index >= 15 is 0 Å². The number of hydrogen-bond donors (Lipinski definition) is 3. The van der Waals surface area contributed by atoms with Gasteiger partial charge in [-0.15, -0.1) is 0 Å². The molecule has 1 amide bonds. The molecule has 4 aromatic rings. The number of ether oxygens (including phenoxy) is 1. The number of pyridine rings is 1. The number of rotatable bonds is 9. The maximum atomic E-state index is 13.4. The molecule has 3 N–H and O–H groups in total. The second-order valence-corrected chi connectivity index (χ2v) is 8.37. The molecule has 0 saturated carbocycles. The number of aromatic amines is 1. The molecular weight excluding hydrogens is 471 g/mol. The van der Waals surface area contributed by atoms with Crippen molar-refractivity contribution in [2.75, 3.05) is 13.7 Å². The van der Waals surface area contributed by atoms with Gasteiger partial charge in [-0.3, -0.25) is 14.9 Å². The molecule has 0 bridgehead atoms. The standard InChI is InChI=1S/C26H24ClFN4O3/c1-35-15-24(33)22(13-18-5-2-3-12-29-18)30-26(34)19-6-4-7-20(27)25(19)23-14-21(31-32-23)16-8-10-17(28)11-9-16/h2-12,14,22,24,33H,13,15H2,1H3,(H,30,34)(H,31,32)/t22-,24-/m1/s1. The summed E-state index contributed by atoms with van der Waals surface area (Å²) in [5.41, 5.74) is 3.31. The Kier molecular flexibility index (Phi) is 7.87. The van der Waals surface area contributed by atoms with Crippen LogP contribution in [0.2, 0.25) is 5.02 Å². The first-order chi connectivity index (χ1) is 17.0. The van der Waals surface area contributed by atoms with Crippen molar-refractivity contribution in [3.8, 4) is 22.5 Å². The molecular formula is C26H24ClFN4O3. The number of carbonyl (C=O) groups excluding carboxylic acids is 1. The Bertz CT molecular complexity index is 1280. The maximum absolute atomic E-state index is 13.4. The van der Waals surface area contributed by atoms with Crippen LogP contribution in [0.5, 0.6) is 0 Å². The summed E-state index contributed by atoms with van der Waals surface area (Å²) in [5, 5.41) is 21.1. The van der Waals surface area contributed by atoms with Crippen molar-refractivity contribution in [3.05, 3.63) is 95.0 Å². The van der Waals surface area contributed by atoms with Crippen molar-refractivity contribution in [1.82, 2.24) is 20.5 Å². The monoisotopic (exact) mass is 494 g/mol. The van der Waals surface area contributed by atoms with Crippen LogP contribution in [0.4, 0.5) is 4.39 Å². The van der Waals surface area contributed by atoms with Gasteiger partial charge in [0.05, 0.1) is 40.7 Å². The van der Waals surface area contributed by atoms with Gasteiger partial charge in [-0.2, -0.15) is 5.10 Å².